The van der Waals surface area contributed by atoms with Crippen molar-refractivity contribution in [2.75, 3.05) is 26.2 Å². The summed E-state index contributed by atoms with van der Waals surface area (Å²) in [5, 5.41) is 9.36. The lowest BCUT2D eigenvalue weighted by molar-refractivity contribution is 0.169. The Morgan fingerprint density at radius 2 is 1.50 bits per heavy atom. The van der Waals surface area contributed by atoms with Crippen molar-refractivity contribution in [1.82, 2.24) is 4.90 Å². The maximum absolute atomic E-state index is 9.36. The Labute approximate surface area is 126 Å². The first kappa shape index (κ1) is 19.9. The van der Waals surface area contributed by atoms with Crippen LogP contribution in [0.25, 0.3) is 0 Å². The van der Waals surface area contributed by atoms with E-state index in [2.05, 4.69) is 39.5 Å². The molecule has 0 amide bonds. The van der Waals surface area contributed by atoms with E-state index in [-0.39, 0.29) is 12.1 Å². The third kappa shape index (κ3) is 9.73. The van der Waals surface area contributed by atoms with Gasteiger partial charge in [0.15, 0.2) is 0 Å². The summed E-state index contributed by atoms with van der Waals surface area (Å²) in [6.45, 7) is 14.8. The van der Waals surface area contributed by atoms with Gasteiger partial charge in [0.1, 0.15) is 0 Å². The van der Waals surface area contributed by atoms with Gasteiger partial charge >= 0.3 is 0 Å². The van der Waals surface area contributed by atoms with E-state index in [4.69, 9.17) is 5.73 Å². The molecule has 122 valence electrons. The maximum atomic E-state index is 9.36. The van der Waals surface area contributed by atoms with Crippen LogP contribution in [-0.4, -0.2) is 41.8 Å². The Morgan fingerprint density at radius 3 is 1.85 bits per heavy atom. The van der Waals surface area contributed by atoms with Crippen LogP contribution < -0.4 is 5.73 Å². The summed E-state index contributed by atoms with van der Waals surface area (Å²) in [6, 6.07) is 0. The molecule has 0 radical (unpaired) electrons. The van der Waals surface area contributed by atoms with Gasteiger partial charge in [0, 0.05) is 5.54 Å². The van der Waals surface area contributed by atoms with Gasteiger partial charge in [0.05, 0.1) is 6.61 Å². The van der Waals surface area contributed by atoms with Gasteiger partial charge in [-0.2, -0.15) is 0 Å². The van der Waals surface area contributed by atoms with Crippen molar-refractivity contribution in [1.29, 1.82) is 0 Å². The summed E-state index contributed by atoms with van der Waals surface area (Å²) >= 11 is 0. The molecule has 1 atom stereocenters. The molecule has 1 unspecified atom stereocenters. The maximum Gasteiger partial charge on any atom is 0.0611 e. The molecule has 0 bridgehead atoms. The van der Waals surface area contributed by atoms with Crippen molar-refractivity contribution in [2.24, 2.45) is 17.6 Å². The van der Waals surface area contributed by atoms with E-state index in [1.54, 1.807) is 0 Å². The number of nitrogens with zero attached hydrogens (tertiary/aromatic N) is 1. The Morgan fingerprint density at radius 1 is 1.00 bits per heavy atom. The second-order valence-electron chi connectivity index (χ2n) is 7.18. The minimum atomic E-state index is -0.373. The number of aliphatic hydroxyl groups excluding tert-OH is 1. The van der Waals surface area contributed by atoms with E-state index in [0.717, 1.165) is 37.6 Å². The fourth-order valence-corrected chi connectivity index (χ4v) is 2.24. The van der Waals surface area contributed by atoms with Crippen molar-refractivity contribution in [3.8, 4) is 0 Å². The molecule has 0 saturated carbocycles. The fraction of sp³-hybridized carbons (Fsp3) is 1.00. The summed E-state index contributed by atoms with van der Waals surface area (Å²) in [4.78, 5) is 2.58. The first-order valence-electron chi connectivity index (χ1n) is 8.45. The summed E-state index contributed by atoms with van der Waals surface area (Å²) in [5.41, 5.74) is 5.79. The van der Waals surface area contributed by atoms with Gasteiger partial charge < -0.3 is 15.7 Å². The van der Waals surface area contributed by atoms with Gasteiger partial charge in [-0.25, -0.2) is 0 Å². The summed E-state index contributed by atoms with van der Waals surface area (Å²) < 4.78 is 0. The molecule has 0 saturated heterocycles. The fourth-order valence-electron chi connectivity index (χ4n) is 2.24. The lowest BCUT2D eigenvalue weighted by Crippen LogP contribution is -2.43. The minimum absolute atomic E-state index is 0.0987. The highest BCUT2D eigenvalue weighted by Crippen LogP contribution is 2.15. The molecule has 3 N–H and O–H groups in total. The van der Waals surface area contributed by atoms with Gasteiger partial charge in [-0.1, -0.05) is 34.6 Å². The van der Waals surface area contributed by atoms with Gasteiger partial charge in [-0.3, -0.25) is 0 Å². The average Bonchev–Trinajstić information content (AvgIpc) is 2.40. The van der Waals surface area contributed by atoms with Crippen LogP contribution in [0.2, 0.25) is 0 Å². The molecule has 0 aliphatic heterocycles. The highest BCUT2D eigenvalue weighted by molar-refractivity contribution is 4.81. The second-order valence-corrected chi connectivity index (χ2v) is 7.18. The minimum Gasteiger partial charge on any atom is -0.394 e. The predicted molar refractivity (Wildman–Crippen MR) is 88.9 cm³/mol. The van der Waals surface area contributed by atoms with Crippen LogP contribution in [0.3, 0.4) is 0 Å². The lowest BCUT2D eigenvalue weighted by atomic mass is 9.92. The topological polar surface area (TPSA) is 49.5 Å². The molecule has 0 aromatic heterocycles. The molecule has 0 spiro atoms. The molecule has 20 heavy (non-hydrogen) atoms. The van der Waals surface area contributed by atoms with Crippen molar-refractivity contribution in [2.45, 2.75) is 72.3 Å². The summed E-state index contributed by atoms with van der Waals surface area (Å²) in [7, 11) is 0. The number of aliphatic hydroxyl groups is 1. The molecule has 0 fully saturated rings. The van der Waals surface area contributed by atoms with Crippen LogP contribution in [0.1, 0.15) is 66.7 Å². The van der Waals surface area contributed by atoms with Crippen LogP contribution in [0.4, 0.5) is 0 Å². The predicted octanol–water partition coefficient (Wildman–Crippen LogP) is 3.26. The second kappa shape index (κ2) is 10.6. The van der Waals surface area contributed by atoms with Crippen LogP contribution >= 0.6 is 0 Å². The largest absolute Gasteiger partial charge is 0.394 e. The van der Waals surface area contributed by atoms with Crippen molar-refractivity contribution < 1.29 is 5.11 Å². The summed E-state index contributed by atoms with van der Waals surface area (Å²) in [6.07, 6.45) is 5.38. The Bertz CT molecular complexity index is 213. The molecular weight excluding hydrogens is 248 g/mol. The van der Waals surface area contributed by atoms with Crippen molar-refractivity contribution in [3.05, 3.63) is 0 Å². The number of hydrogen-bond acceptors (Lipinski definition) is 3. The Balaban J connectivity index is 4.13. The van der Waals surface area contributed by atoms with Gasteiger partial charge in [0.25, 0.3) is 0 Å². The van der Waals surface area contributed by atoms with Gasteiger partial charge in [-0.05, 0) is 63.6 Å². The van der Waals surface area contributed by atoms with Crippen molar-refractivity contribution >= 4 is 0 Å². The molecule has 0 aliphatic rings. The van der Waals surface area contributed by atoms with Gasteiger partial charge in [0.2, 0.25) is 0 Å². The Hall–Kier alpha value is -0.120. The number of nitrogens with two attached hydrogens (primary N) is 1. The number of hydrogen-bond donors (Lipinski definition) is 2. The molecule has 3 heteroatoms. The standard InChI is InChI=1S/C17H38N2O/c1-6-17(18,14-20)10-7-11-19(12-8-15(2)3)13-9-16(4)5/h15-16,20H,6-14,18H2,1-5H3. The van der Waals surface area contributed by atoms with Crippen LogP contribution in [0.15, 0.2) is 0 Å². The van der Waals surface area contributed by atoms with Crippen LogP contribution in [0, 0.1) is 11.8 Å². The van der Waals surface area contributed by atoms with E-state index in [9.17, 15) is 5.11 Å². The molecule has 0 rings (SSSR count). The highest BCUT2D eigenvalue weighted by atomic mass is 16.3. The zero-order valence-corrected chi connectivity index (χ0v) is 14.5. The third-order valence-corrected chi connectivity index (χ3v) is 4.21. The van der Waals surface area contributed by atoms with E-state index in [1.165, 1.54) is 25.9 Å². The van der Waals surface area contributed by atoms with E-state index in [1.807, 2.05) is 0 Å². The number of rotatable bonds is 12. The average molecular weight is 287 g/mol. The molecule has 0 aromatic carbocycles. The molecule has 3 nitrogen and oxygen atoms in total. The third-order valence-electron chi connectivity index (χ3n) is 4.21. The highest BCUT2D eigenvalue weighted by Gasteiger charge is 2.21. The normalized spacial score (nSPS) is 15.3. The molecule has 0 heterocycles. The van der Waals surface area contributed by atoms with E-state index >= 15 is 0 Å². The lowest BCUT2D eigenvalue weighted by Gasteiger charge is -2.28. The summed E-state index contributed by atoms with van der Waals surface area (Å²) in [5.74, 6) is 1.52. The zero-order valence-electron chi connectivity index (χ0n) is 14.5. The van der Waals surface area contributed by atoms with E-state index in [0.29, 0.717) is 0 Å². The monoisotopic (exact) mass is 286 g/mol. The van der Waals surface area contributed by atoms with Gasteiger partial charge in [-0.15, -0.1) is 0 Å². The molecular formula is C17H38N2O. The SMILES string of the molecule is CCC(N)(CO)CCCN(CCC(C)C)CCC(C)C. The molecule has 0 aromatic rings. The first-order valence-corrected chi connectivity index (χ1v) is 8.45. The first-order chi connectivity index (χ1) is 9.33. The Kier molecular flexibility index (Phi) is 10.5. The van der Waals surface area contributed by atoms with Crippen molar-refractivity contribution in [3.63, 3.8) is 0 Å². The van der Waals surface area contributed by atoms with Crippen LogP contribution in [-0.2, 0) is 0 Å². The smallest absolute Gasteiger partial charge is 0.0611 e. The van der Waals surface area contributed by atoms with E-state index < -0.39 is 0 Å². The quantitative estimate of drug-likeness (QED) is 0.579. The molecule has 0 aliphatic carbocycles. The zero-order chi connectivity index (χ0) is 15.6. The van der Waals surface area contributed by atoms with Crippen LogP contribution in [0.5, 0.6) is 0 Å².